The maximum Gasteiger partial charge on any atom is 0.137 e. The van der Waals surface area contributed by atoms with E-state index in [0.717, 1.165) is 62.7 Å². The van der Waals surface area contributed by atoms with Gasteiger partial charge in [-0.25, -0.2) is 15.0 Å². The van der Waals surface area contributed by atoms with Gasteiger partial charge < -0.3 is 0 Å². The predicted octanol–water partition coefficient (Wildman–Crippen LogP) is 8.08. The van der Waals surface area contributed by atoms with E-state index in [4.69, 9.17) is 15.0 Å². The summed E-state index contributed by atoms with van der Waals surface area (Å²) in [4.78, 5) is 15.2. The summed E-state index contributed by atoms with van der Waals surface area (Å²) >= 11 is 0. The van der Waals surface area contributed by atoms with Gasteiger partial charge in [-0.2, -0.15) is 0 Å². The van der Waals surface area contributed by atoms with Crippen molar-refractivity contribution in [1.82, 2.24) is 23.8 Å². The Morgan fingerprint density at radius 2 is 1.12 bits per heavy atom. The molecule has 5 heterocycles. The topological polar surface area (TPSA) is 47.5 Å². The SMILES string of the molecule is C1=c2/c(nc3ccccn23)=c2/cccc/c2=C(\c2ccc(-c3ccc(-c4nc5ccccc5c5nc6ccccn6c45)cc3)cc2)CC1. The molecule has 1 aliphatic rings. The summed E-state index contributed by atoms with van der Waals surface area (Å²) in [7, 11) is 0. The molecular weight excluding hydrogens is 587 g/mol. The molecule has 226 valence electrons. The second-order valence-electron chi connectivity index (χ2n) is 12.4. The average molecular weight is 616 g/mol. The minimum atomic E-state index is 0.921. The number of hydrogen-bond donors (Lipinski definition) is 0. The second-order valence-corrected chi connectivity index (χ2v) is 12.4. The minimum Gasteiger partial charge on any atom is -0.300 e. The molecule has 0 N–H and O–H groups in total. The van der Waals surface area contributed by atoms with Crippen molar-refractivity contribution in [3.8, 4) is 22.4 Å². The first-order valence-electron chi connectivity index (χ1n) is 16.4. The highest BCUT2D eigenvalue weighted by Crippen LogP contribution is 2.34. The van der Waals surface area contributed by atoms with Crippen LogP contribution in [0.1, 0.15) is 18.4 Å². The number of imidazole rings is 2. The molecule has 0 saturated heterocycles. The zero-order valence-corrected chi connectivity index (χ0v) is 26.1. The molecule has 5 heteroatoms. The summed E-state index contributed by atoms with van der Waals surface area (Å²) in [5.41, 5.74) is 11.8. The third kappa shape index (κ3) is 4.14. The van der Waals surface area contributed by atoms with Gasteiger partial charge in [0.05, 0.1) is 27.4 Å². The van der Waals surface area contributed by atoms with Crippen molar-refractivity contribution in [3.63, 3.8) is 0 Å². The van der Waals surface area contributed by atoms with Gasteiger partial charge in [-0.05, 0) is 70.7 Å². The quantitative estimate of drug-likeness (QED) is 0.202. The Balaban J connectivity index is 1.07. The van der Waals surface area contributed by atoms with E-state index < -0.39 is 0 Å². The van der Waals surface area contributed by atoms with Crippen LogP contribution in [0.15, 0.2) is 146 Å². The van der Waals surface area contributed by atoms with Gasteiger partial charge in [0.2, 0.25) is 0 Å². The number of para-hydroxylation sites is 1. The zero-order chi connectivity index (χ0) is 31.6. The van der Waals surface area contributed by atoms with Crippen molar-refractivity contribution >= 4 is 44.9 Å². The monoisotopic (exact) mass is 615 g/mol. The van der Waals surface area contributed by atoms with Crippen LogP contribution in [0.25, 0.3) is 67.3 Å². The highest BCUT2D eigenvalue weighted by molar-refractivity contribution is 6.09. The Hall–Kier alpha value is -6.33. The Morgan fingerprint density at radius 3 is 1.92 bits per heavy atom. The first-order valence-corrected chi connectivity index (χ1v) is 16.4. The summed E-state index contributed by atoms with van der Waals surface area (Å²) in [6.45, 7) is 0. The predicted molar refractivity (Wildman–Crippen MR) is 194 cm³/mol. The number of rotatable bonds is 3. The fraction of sp³-hybridized carbons (Fsp3) is 0.0465. The molecule has 0 bridgehead atoms. The lowest BCUT2D eigenvalue weighted by Crippen LogP contribution is -2.17. The Kier molecular flexibility index (Phi) is 5.93. The molecule has 0 aliphatic heterocycles. The number of benzene rings is 4. The largest absolute Gasteiger partial charge is 0.300 e. The molecule has 48 heavy (non-hydrogen) atoms. The number of hydrogen-bond acceptors (Lipinski definition) is 3. The fourth-order valence-electron chi connectivity index (χ4n) is 7.39. The van der Waals surface area contributed by atoms with Gasteiger partial charge in [0.1, 0.15) is 16.8 Å². The van der Waals surface area contributed by atoms with Crippen LogP contribution in [-0.4, -0.2) is 23.8 Å². The van der Waals surface area contributed by atoms with E-state index in [2.05, 4.69) is 136 Å². The lowest BCUT2D eigenvalue weighted by atomic mass is 9.94. The highest BCUT2D eigenvalue weighted by atomic mass is 15.0. The molecule has 0 spiro atoms. The molecule has 9 aromatic rings. The van der Waals surface area contributed by atoms with Crippen LogP contribution in [0.4, 0.5) is 0 Å². The third-order valence-corrected chi connectivity index (χ3v) is 9.68. The fourth-order valence-corrected chi connectivity index (χ4v) is 7.39. The van der Waals surface area contributed by atoms with E-state index in [1.165, 1.54) is 38.0 Å². The van der Waals surface area contributed by atoms with Gasteiger partial charge >= 0.3 is 0 Å². The summed E-state index contributed by atoms with van der Waals surface area (Å²) < 4.78 is 4.35. The zero-order valence-electron chi connectivity index (χ0n) is 26.1. The standard InChI is InChI=1S/C43H29N5/c1-2-11-34-33(10-1)32(13-9-15-37-41(34)45-38-16-5-7-26-47(37)38)30-22-18-28(19-23-30)29-20-24-31(25-21-29)40-43-42(35-12-3-4-14-36(35)44-40)46-39-17-6-8-27-48(39)43/h1-8,10-12,14-27H,9,13H2/b33-32+,37-15?,41-34+. The molecule has 4 aromatic carbocycles. The van der Waals surface area contributed by atoms with Crippen LogP contribution < -0.4 is 10.6 Å². The van der Waals surface area contributed by atoms with Crippen LogP contribution in [0, 0.1) is 10.6 Å². The van der Waals surface area contributed by atoms with Gasteiger partial charge in [0, 0.05) is 28.6 Å². The van der Waals surface area contributed by atoms with Crippen LogP contribution in [0.2, 0.25) is 0 Å². The van der Waals surface area contributed by atoms with Crippen molar-refractivity contribution in [2.24, 2.45) is 0 Å². The number of nitrogens with zero attached hydrogens (tertiary/aromatic N) is 5. The van der Waals surface area contributed by atoms with Gasteiger partial charge in [-0.1, -0.05) is 109 Å². The van der Waals surface area contributed by atoms with Crippen molar-refractivity contribution < 1.29 is 0 Å². The van der Waals surface area contributed by atoms with E-state index in [0.29, 0.717) is 0 Å². The smallest absolute Gasteiger partial charge is 0.137 e. The van der Waals surface area contributed by atoms with Gasteiger partial charge in [-0.3, -0.25) is 8.80 Å². The Morgan fingerprint density at radius 1 is 0.500 bits per heavy atom. The average Bonchev–Trinajstić information content (AvgIpc) is 3.71. The van der Waals surface area contributed by atoms with Crippen molar-refractivity contribution in [2.45, 2.75) is 12.8 Å². The molecule has 0 saturated carbocycles. The van der Waals surface area contributed by atoms with Crippen LogP contribution in [0.5, 0.6) is 0 Å². The lowest BCUT2D eigenvalue weighted by molar-refractivity contribution is 1.05. The second kappa shape index (κ2) is 10.6. The van der Waals surface area contributed by atoms with Crippen molar-refractivity contribution in [1.29, 1.82) is 0 Å². The normalized spacial score (nSPS) is 14.8. The summed E-state index contributed by atoms with van der Waals surface area (Å²) in [6, 6.07) is 47.1. The van der Waals surface area contributed by atoms with Crippen molar-refractivity contribution in [3.05, 3.63) is 173 Å². The molecule has 0 unspecified atom stereocenters. The third-order valence-electron chi connectivity index (χ3n) is 9.68. The molecule has 0 fully saturated rings. The molecule has 5 aromatic heterocycles. The molecule has 1 aliphatic carbocycles. The van der Waals surface area contributed by atoms with E-state index in [-0.39, 0.29) is 0 Å². The Bertz CT molecular complexity index is 2930. The Labute approximate surface area is 275 Å². The maximum atomic E-state index is 5.15. The molecule has 5 nitrogen and oxygen atoms in total. The minimum absolute atomic E-state index is 0.921. The highest BCUT2D eigenvalue weighted by Gasteiger charge is 2.16. The van der Waals surface area contributed by atoms with E-state index in [1.54, 1.807) is 0 Å². The maximum absolute atomic E-state index is 5.15. The molecule has 0 amide bonds. The van der Waals surface area contributed by atoms with Gasteiger partial charge in [-0.15, -0.1) is 0 Å². The van der Waals surface area contributed by atoms with Crippen LogP contribution >= 0.6 is 0 Å². The number of pyridine rings is 3. The number of aromatic nitrogens is 5. The van der Waals surface area contributed by atoms with Crippen LogP contribution in [-0.2, 0) is 0 Å². The van der Waals surface area contributed by atoms with E-state index in [9.17, 15) is 0 Å². The van der Waals surface area contributed by atoms with Crippen LogP contribution in [0.3, 0.4) is 0 Å². The molecule has 10 rings (SSSR count). The van der Waals surface area contributed by atoms with E-state index in [1.807, 2.05) is 24.3 Å². The molecule has 0 radical (unpaired) electrons. The van der Waals surface area contributed by atoms with E-state index >= 15 is 0 Å². The summed E-state index contributed by atoms with van der Waals surface area (Å²) in [5.74, 6) is 0. The van der Waals surface area contributed by atoms with Gasteiger partial charge in [0.15, 0.2) is 0 Å². The number of fused-ring (bicyclic) bond motifs is 9. The molecule has 0 atom stereocenters. The van der Waals surface area contributed by atoms with Crippen molar-refractivity contribution in [2.75, 3.05) is 0 Å². The summed E-state index contributed by atoms with van der Waals surface area (Å²) in [6.07, 6.45) is 8.43. The lowest BCUT2D eigenvalue weighted by Gasteiger charge is -2.11. The first kappa shape index (κ1) is 26.8. The van der Waals surface area contributed by atoms with Gasteiger partial charge in [0.25, 0.3) is 0 Å². The summed E-state index contributed by atoms with van der Waals surface area (Å²) in [5, 5.41) is 5.74. The molecular formula is C43H29N5. The first-order chi connectivity index (χ1) is 23.8.